The average molecular weight is 355 g/mol. The summed E-state index contributed by atoms with van der Waals surface area (Å²) in [5.41, 5.74) is 0.422. The number of hydrogen-bond donors (Lipinski definition) is 1. The maximum atomic E-state index is 12.6. The summed E-state index contributed by atoms with van der Waals surface area (Å²) in [5.74, 6) is 0. The van der Waals surface area contributed by atoms with Gasteiger partial charge < -0.3 is 14.7 Å². The van der Waals surface area contributed by atoms with E-state index in [1.165, 1.54) is 0 Å². The lowest BCUT2D eigenvalue weighted by Gasteiger charge is -2.37. The third kappa shape index (κ3) is 4.36. The van der Waals surface area contributed by atoms with Gasteiger partial charge in [-0.1, -0.05) is 42.5 Å². The molecule has 26 heavy (non-hydrogen) atoms. The van der Waals surface area contributed by atoms with Crippen molar-refractivity contribution >= 4 is 16.9 Å². The van der Waals surface area contributed by atoms with Crippen molar-refractivity contribution in [2.24, 2.45) is 0 Å². The molecule has 1 N–H and O–H groups in total. The summed E-state index contributed by atoms with van der Waals surface area (Å²) in [6.07, 6.45) is 2.63. The third-order valence-electron chi connectivity index (χ3n) is 4.93. The molecule has 1 amide bonds. The zero-order valence-corrected chi connectivity index (χ0v) is 15.9. The average Bonchev–Trinajstić information content (AvgIpc) is 2.60. The van der Waals surface area contributed by atoms with E-state index in [0.29, 0.717) is 13.0 Å². The smallest absolute Gasteiger partial charge is 0.410 e. The first-order valence-corrected chi connectivity index (χ1v) is 9.50. The first kappa shape index (κ1) is 18.7. The summed E-state index contributed by atoms with van der Waals surface area (Å²) in [4.78, 5) is 14.4. The van der Waals surface area contributed by atoms with Gasteiger partial charge in [-0.15, -0.1) is 0 Å². The van der Waals surface area contributed by atoms with Crippen LogP contribution in [0.5, 0.6) is 0 Å². The second-order valence-electron chi connectivity index (χ2n) is 8.14. The number of rotatable bonds is 3. The molecule has 1 saturated heterocycles. The molecular formula is C22H29NO3. The van der Waals surface area contributed by atoms with Gasteiger partial charge in [-0.2, -0.15) is 0 Å². The maximum absolute atomic E-state index is 12.6. The van der Waals surface area contributed by atoms with Gasteiger partial charge in [0.15, 0.2) is 0 Å². The Morgan fingerprint density at radius 3 is 2.69 bits per heavy atom. The third-order valence-corrected chi connectivity index (χ3v) is 4.93. The molecule has 0 spiro atoms. The Hall–Kier alpha value is -2.07. The molecule has 1 aliphatic rings. The fourth-order valence-corrected chi connectivity index (χ4v) is 3.73. The first-order chi connectivity index (χ1) is 12.3. The summed E-state index contributed by atoms with van der Waals surface area (Å²) in [5, 5.41) is 13.1. The van der Waals surface area contributed by atoms with Gasteiger partial charge in [0.25, 0.3) is 0 Å². The predicted molar refractivity (Wildman–Crippen MR) is 104 cm³/mol. The zero-order valence-electron chi connectivity index (χ0n) is 15.9. The van der Waals surface area contributed by atoms with Gasteiger partial charge in [0.1, 0.15) is 5.60 Å². The van der Waals surface area contributed by atoms with Crippen molar-refractivity contribution in [3.63, 3.8) is 0 Å². The maximum Gasteiger partial charge on any atom is 0.410 e. The lowest BCUT2D eigenvalue weighted by Crippen LogP contribution is -2.46. The molecule has 0 radical (unpaired) electrons. The molecule has 0 bridgehead atoms. The Balaban J connectivity index is 1.77. The Bertz CT molecular complexity index is 760. The molecule has 4 heteroatoms. The topological polar surface area (TPSA) is 49.8 Å². The fraction of sp³-hybridized carbons (Fsp3) is 0.500. The molecule has 2 unspecified atom stereocenters. The molecule has 0 aromatic heterocycles. The quantitative estimate of drug-likeness (QED) is 0.838. The van der Waals surface area contributed by atoms with Gasteiger partial charge in [0.2, 0.25) is 0 Å². The standard InChI is InChI=1S/C22H29NO3/c1-22(2,3)26-21(25)23-14-7-6-11-17(23)15-20(24)19-13-8-10-16-9-4-5-12-18(16)19/h4-5,8-10,12-13,17,20,24H,6-7,11,14-15H2,1-3H3. The molecule has 4 nitrogen and oxygen atoms in total. The predicted octanol–water partition coefficient (Wildman–Crippen LogP) is 5.05. The van der Waals surface area contributed by atoms with E-state index in [0.717, 1.165) is 35.6 Å². The minimum Gasteiger partial charge on any atom is -0.444 e. The molecule has 140 valence electrons. The van der Waals surface area contributed by atoms with Crippen molar-refractivity contribution in [3.8, 4) is 0 Å². The van der Waals surface area contributed by atoms with Gasteiger partial charge in [-0.3, -0.25) is 0 Å². The van der Waals surface area contributed by atoms with Crippen LogP contribution < -0.4 is 0 Å². The van der Waals surface area contributed by atoms with E-state index >= 15 is 0 Å². The molecule has 0 aliphatic carbocycles. The summed E-state index contributed by atoms with van der Waals surface area (Å²) in [6, 6.07) is 14.1. The first-order valence-electron chi connectivity index (χ1n) is 9.50. The van der Waals surface area contributed by atoms with Gasteiger partial charge in [-0.05, 0) is 62.8 Å². The van der Waals surface area contributed by atoms with Gasteiger partial charge in [-0.25, -0.2) is 4.79 Å². The number of aliphatic hydroxyl groups is 1. The lowest BCUT2D eigenvalue weighted by atomic mass is 9.92. The van der Waals surface area contributed by atoms with Crippen LogP contribution >= 0.6 is 0 Å². The van der Waals surface area contributed by atoms with Crippen LogP contribution in [0.4, 0.5) is 4.79 Å². The van der Waals surface area contributed by atoms with E-state index in [4.69, 9.17) is 4.74 Å². The number of ether oxygens (including phenoxy) is 1. The van der Waals surface area contributed by atoms with Gasteiger partial charge in [0.05, 0.1) is 6.10 Å². The van der Waals surface area contributed by atoms with E-state index in [-0.39, 0.29) is 12.1 Å². The lowest BCUT2D eigenvalue weighted by molar-refractivity contribution is 0.00246. The molecule has 1 heterocycles. The highest BCUT2D eigenvalue weighted by Gasteiger charge is 2.32. The fourth-order valence-electron chi connectivity index (χ4n) is 3.73. The molecule has 1 fully saturated rings. The van der Waals surface area contributed by atoms with E-state index < -0.39 is 11.7 Å². The number of hydrogen-bond acceptors (Lipinski definition) is 3. The van der Waals surface area contributed by atoms with E-state index in [2.05, 4.69) is 12.1 Å². The Kier molecular flexibility index (Phi) is 5.52. The van der Waals surface area contributed by atoms with Crippen LogP contribution in [-0.4, -0.2) is 34.3 Å². The minimum absolute atomic E-state index is 0.00701. The van der Waals surface area contributed by atoms with Crippen LogP contribution in [0.2, 0.25) is 0 Å². The van der Waals surface area contributed by atoms with Crippen LogP contribution in [0.15, 0.2) is 42.5 Å². The van der Waals surface area contributed by atoms with Crippen LogP contribution in [0, 0.1) is 0 Å². The van der Waals surface area contributed by atoms with E-state index in [9.17, 15) is 9.90 Å². The van der Waals surface area contributed by atoms with E-state index in [1.807, 2.05) is 56.0 Å². The van der Waals surface area contributed by atoms with E-state index in [1.54, 1.807) is 0 Å². The summed E-state index contributed by atoms with van der Waals surface area (Å²) in [6.45, 7) is 6.35. The molecular weight excluding hydrogens is 326 g/mol. The van der Waals surface area contributed by atoms with Crippen LogP contribution in [0.3, 0.4) is 0 Å². The van der Waals surface area contributed by atoms with Crippen LogP contribution in [-0.2, 0) is 4.74 Å². The number of amides is 1. The summed E-state index contributed by atoms with van der Waals surface area (Å²) < 4.78 is 5.57. The number of aliphatic hydroxyl groups excluding tert-OH is 1. The number of nitrogens with zero attached hydrogens (tertiary/aromatic N) is 1. The Morgan fingerprint density at radius 2 is 1.92 bits per heavy atom. The largest absolute Gasteiger partial charge is 0.444 e. The van der Waals surface area contributed by atoms with Crippen molar-refractivity contribution in [2.75, 3.05) is 6.54 Å². The number of carbonyl (C=O) groups excluding carboxylic acids is 1. The van der Waals surface area contributed by atoms with Crippen LogP contribution in [0.1, 0.15) is 58.1 Å². The zero-order chi connectivity index (χ0) is 18.7. The summed E-state index contributed by atoms with van der Waals surface area (Å²) >= 11 is 0. The molecule has 2 aromatic carbocycles. The highest BCUT2D eigenvalue weighted by Crippen LogP contribution is 2.31. The number of fused-ring (bicyclic) bond motifs is 1. The number of carbonyl (C=O) groups is 1. The van der Waals surface area contributed by atoms with Crippen molar-refractivity contribution in [1.29, 1.82) is 0 Å². The molecule has 2 atom stereocenters. The normalized spacial score (nSPS) is 19.4. The highest BCUT2D eigenvalue weighted by molar-refractivity contribution is 5.86. The minimum atomic E-state index is -0.603. The molecule has 1 aliphatic heterocycles. The van der Waals surface area contributed by atoms with Crippen molar-refractivity contribution in [1.82, 2.24) is 4.90 Å². The summed E-state index contributed by atoms with van der Waals surface area (Å²) in [7, 11) is 0. The number of likely N-dealkylation sites (tertiary alicyclic amines) is 1. The number of benzene rings is 2. The molecule has 3 rings (SSSR count). The Morgan fingerprint density at radius 1 is 1.19 bits per heavy atom. The second-order valence-corrected chi connectivity index (χ2v) is 8.14. The second kappa shape index (κ2) is 7.67. The SMILES string of the molecule is CC(C)(C)OC(=O)N1CCCCC1CC(O)c1cccc2ccccc12. The Labute approximate surface area is 155 Å². The monoisotopic (exact) mass is 355 g/mol. The van der Waals surface area contributed by atoms with Crippen molar-refractivity contribution in [3.05, 3.63) is 48.0 Å². The van der Waals surface area contributed by atoms with Crippen molar-refractivity contribution in [2.45, 2.75) is 64.2 Å². The van der Waals surface area contributed by atoms with Gasteiger partial charge in [0, 0.05) is 12.6 Å². The number of piperidine rings is 1. The van der Waals surface area contributed by atoms with Crippen molar-refractivity contribution < 1.29 is 14.6 Å². The highest BCUT2D eigenvalue weighted by atomic mass is 16.6. The van der Waals surface area contributed by atoms with Gasteiger partial charge >= 0.3 is 6.09 Å². The molecule has 2 aromatic rings. The van der Waals surface area contributed by atoms with Crippen LogP contribution in [0.25, 0.3) is 10.8 Å². The molecule has 0 saturated carbocycles.